The fourth-order valence-electron chi connectivity index (χ4n) is 4.42. The highest BCUT2D eigenvalue weighted by Crippen LogP contribution is 2.42. The largest absolute Gasteiger partial charge is 0.510 e. The molecular weight excluding hydrogens is 412 g/mol. The predicted octanol–water partition coefficient (Wildman–Crippen LogP) is 5.73. The fourth-order valence-corrected chi connectivity index (χ4v) is 4.42. The maximum atomic E-state index is 13.4. The van der Waals surface area contributed by atoms with E-state index in [2.05, 4.69) is 0 Å². The molecule has 170 valence electrons. The number of esters is 1. The number of nitrogens with zero attached hydrogens (tertiary/aromatic N) is 1. The van der Waals surface area contributed by atoms with Crippen LogP contribution in [0.5, 0.6) is 0 Å². The van der Waals surface area contributed by atoms with Gasteiger partial charge in [-0.25, -0.2) is 4.79 Å². The molecule has 4 rings (SSSR count). The van der Waals surface area contributed by atoms with E-state index < -0.39 is 11.6 Å². The summed E-state index contributed by atoms with van der Waals surface area (Å²) in [5, 5.41) is 11.2. The van der Waals surface area contributed by atoms with Gasteiger partial charge in [0.25, 0.3) is 0 Å². The summed E-state index contributed by atoms with van der Waals surface area (Å²) >= 11 is 0. The maximum Gasteiger partial charge on any atom is 0.359 e. The topological polar surface area (TPSA) is 75.8 Å². The molecule has 5 nitrogen and oxygen atoms in total. The van der Waals surface area contributed by atoms with Crippen LogP contribution in [0.1, 0.15) is 37.3 Å². The SMILES string of the molecule is CCCN(C1=C(O)CC(CCc2ccc(N)cc2)(c2ccccc2)OC1=O)c1ccccc1. The van der Waals surface area contributed by atoms with Gasteiger partial charge < -0.3 is 20.5 Å². The van der Waals surface area contributed by atoms with Crippen molar-refractivity contribution < 1.29 is 14.6 Å². The second-order valence-corrected chi connectivity index (χ2v) is 8.45. The lowest BCUT2D eigenvalue weighted by molar-refractivity contribution is -0.161. The van der Waals surface area contributed by atoms with Gasteiger partial charge in [-0.15, -0.1) is 0 Å². The van der Waals surface area contributed by atoms with E-state index in [1.165, 1.54) is 0 Å². The monoisotopic (exact) mass is 442 g/mol. The van der Waals surface area contributed by atoms with Crippen molar-refractivity contribution in [2.45, 2.75) is 38.2 Å². The number of carbonyl (C=O) groups is 1. The summed E-state index contributed by atoms with van der Waals surface area (Å²) < 4.78 is 6.21. The van der Waals surface area contributed by atoms with Crippen LogP contribution in [0, 0.1) is 0 Å². The first-order valence-electron chi connectivity index (χ1n) is 11.4. The van der Waals surface area contributed by atoms with Gasteiger partial charge in [-0.2, -0.15) is 0 Å². The Labute approximate surface area is 195 Å². The molecule has 5 heteroatoms. The van der Waals surface area contributed by atoms with Crippen molar-refractivity contribution in [3.8, 4) is 0 Å². The molecular formula is C28H30N2O3. The lowest BCUT2D eigenvalue weighted by Gasteiger charge is -2.40. The van der Waals surface area contributed by atoms with E-state index in [4.69, 9.17) is 10.5 Å². The van der Waals surface area contributed by atoms with Crippen molar-refractivity contribution in [2.24, 2.45) is 0 Å². The molecule has 3 aromatic carbocycles. The van der Waals surface area contributed by atoms with Gasteiger partial charge in [0.1, 0.15) is 11.4 Å². The minimum Gasteiger partial charge on any atom is -0.510 e. The molecule has 0 amide bonds. The second-order valence-electron chi connectivity index (χ2n) is 8.45. The van der Waals surface area contributed by atoms with Crippen molar-refractivity contribution in [3.63, 3.8) is 0 Å². The number of hydrogen-bond donors (Lipinski definition) is 2. The molecule has 1 atom stereocenters. The number of hydrogen-bond acceptors (Lipinski definition) is 5. The van der Waals surface area contributed by atoms with E-state index >= 15 is 0 Å². The smallest absolute Gasteiger partial charge is 0.359 e. The van der Waals surface area contributed by atoms with Gasteiger partial charge in [0.15, 0.2) is 5.70 Å². The number of ether oxygens (including phenoxy) is 1. The van der Waals surface area contributed by atoms with E-state index in [0.29, 0.717) is 25.1 Å². The van der Waals surface area contributed by atoms with Crippen LogP contribution in [0.15, 0.2) is 96.4 Å². The normalized spacial score (nSPS) is 18.2. The van der Waals surface area contributed by atoms with E-state index in [-0.39, 0.29) is 17.9 Å². The molecule has 0 saturated carbocycles. The number of aliphatic hydroxyl groups excluding tert-OH is 1. The van der Waals surface area contributed by atoms with Crippen LogP contribution in [0.4, 0.5) is 11.4 Å². The highest BCUT2D eigenvalue weighted by atomic mass is 16.6. The van der Waals surface area contributed by atoms with Gasteiger partial charge >= 0.3 is 5.97 Å². The molecule has 0 bridgehead atoms. The molecule has 0 radical (unpaired) electrons. The van der Waals surface area contributed by atoms with E-state index in [1.807, 2.05) is 96.8 Å². The number of cyclic esters (lactones) is 1. The first-order chi connectivity index (χ1) is 16.0. The summed E-state index contributed by atoms with van der Waals surface area (Å²) in [6, 6.07) is 27.0. The van der Waals surface area contributed by atoms with Gasteiger partial charge in [0, 0.05) is 17.9 Å². The second kappa shape index (κ2) is 9.82. The Bertz CT molecular complexity index is 1110. The Hall–Kier alpha value is -3.73. The lowest BCUT2D eigenvalue weighted by atomic mass is 9.82. The summed E-state index contributed by atoms with van der Waals surface area (Å²) in [6.07, 6.45) is 2.27. The lowest BCUT2D eigenvalue weighted by Crippen LogP contribution is -2.43. The Kier molecular flexibility index (Phi) is 6.68. The van der Waals surface area contributed by atoms with E-state index in [1.54, 1.807) is 0 Å². The van der Waals surface area contributed by atoms with Crippen LogP contribution in [0.2, 0.25) is 0 Å². The molecule has 0 aliphatic carbocycles. The average Bonchev–Trinajstić information content (AvgIpc) is 2.84. The van der Waals surface area contributed by atoms with Crippen molar-refractivity contribution >= 4 is 17.3 Å². The molecule has 3 aromatic rings. The summed E-state index contributed by atoms with van der Waals surface area (Å²) in [7, 11) is 0. The molecule has 3 N–H and O–H groups in total. The molecule has 0 aromatic heterocycles. The molecule has 0 spiro atoms. The van der Waals surface area contributed by atoms with Crippen LogP contribution in [0.25, 0.3) is 0 Å². The number of aryl methyl sites for hydroxylation is 1. The third kappa shape index (κ3) is 4.87. The summed E-state index contributed by atoms with van der Waals surface area (Å²) in [5.41, 5.74) is 8.64. The van der Waals surface area contributed by atoms with Crippen molar-refractivity contribution in [1.29, 1.82) is 0 Å². The zero-order valence-corrected chi connectivity index (χ0v) is 18.9. The quantitative estimate of drug-likeness (QED) is 0.344. The number of nitrogen functional groups attached to an aromatic ring is 1. The minimum absolute atomic E-state index is 0.0599. The number of nitrogens with two attached hydrogens (primary N) is 1. The van der Waals surface area contributed by atoms with E-state index in [0.717, 1.165) is 23.2 Å². The zero-order chi connectivity index (χ0) is 23.3. The third-order valence-corrected chi connectivity index (χ3v) is 6.09. The number of para-hydroxylation sites is 1. The van der Waals surface area contributed by atoms with Gasteiger partial charge in [-0.1, -0.05) is 67.6 Å². The van der Waals surface area contributed by atoms with Crippen LogP contribution >= 0.6 is 0 Å². The first kappa shape index (κ1) is 22.5. The summed E-state index contributed by atoms with van der Waals surface area (Å²) in [5.74, 6) is -0.443. The molecule has 1 aliphatic heterocycles. The molecule has 0 fully saturated rings. The van der Waals surface area contributed by atoms with Gasteiger partial charge in [0.2, 0.25) is 0 Å². The number of benzene rings is 3. The number of rotatable bonds is 8. The van der Waals surface area contributed by atoms with Gasteiger partial charge in [-0.05, 0) is 54.7 Å². The molecule has 1 unspecified atom stereocenters. The molecule has 1 aliphatic rings. The molecule has 33 heavy (non-hydrogen) atoms. The van der Waals surface area contributed by atoms with Crippen LogP contribution in [0.3, 0.4) is 0 Å². The zero-order valence-electron chi connectivity index (χ0n) is 18.9. The van der Waals surface area contributed by atoms with Gasteiger partial charge in [-0.3, -0.25) is 0 Å². The average molecular weight is 443 g/mol. The van der Waals surface area contributed by atoms with Crippen molar-refractivity contribution in [3.05, 3.63) is 108 Å². The van der Waals surface area contributed by atoms with Crippen molar-refractivity contribution in [2.75, 3.05) is 17.2 Å². The number of anilines is 2. The van der Waals surface area contributed by atoms with Crippen LogP contribution < -0.4 is 10.6 Å². The minimum atomic E-state index is -0.943. The fraction of sp³-hybridized carbons (Fsp3) is 0.250. The third-order valence-electron chi connectivity index (χ3n) is 6.09. The first-order valence-corrected chi connectivity index (χ1v) is 11.4. The number of aliphatic hydroxyl groups is 1. The Morgan fingerprint density at radius 3 is 2.21 bits per heavy atom. The van der Waals surface area contributed by atoms with Crippen LogP contribution in [-0.2, 0) is 21.6 Å². The highest BCUT2D eigenvalue weighted by molar-refractivity contribution is 5.94. The predicted molar refractivity (Wildman–Crippen MR) is 132 cm³/mol. The summed E-state index contributed by atoms with van der Waals surface area (Å²) in [4.78, 5) is 15.3. The number of carbonyl (C=O) groups excluding carboxylic acids is 1. The van der Waals surface area contributed by atoms with E-state index in [9.17, 15) is 9.90 Å². The standard InChI is InChI=1S/C28H30N2O3/c1-2-19-30(24-11-7-4-8-12-24)26-25(31)20-28(33-27(26)32,22-9-5-3-6-10-22)18-17-21-13-15-23(29)16-14-21/h3-16,31H,2,17-20,29H2,1H3. The van der Waals surface area contributed by atoms with Crippen molar-refractivity contribution in [1.82, 2.24) is 0 Å². The maximum absolute atomic E-state index is 13.4. The Morgan fingerprint density at radius 1 is 0.970 bits per heavy atom. The Morgan fingerprint density at radius 2 is 1.61 bits per heavy atom. The molecule has 1 heterocycles. The van der Waals surface area contributed by atoms with Gasteiger partial charge in [0.05, 0.1) is 6.42 Å². The Balaban J connectivity index is 1.70. The summed E-state index contributed by atoms with van der Waals surface area (Å²) in [6.45, 7) is 2.64. The highest BCUT2D eigenvalue weighted by Gasteiger charge is 2.44. The van der Waals surface area contributed by atoms with Crippen LogP contribution in [-0.4, -0.2) is 17.6 Å². The molecule has 0 saturated heterocycles.